The molecule has 0 unspecified atom stereocenters. The summed E-state index contributed by atoms with van der Waals surface area (Å²) in [7, 11) is 0. The highest BCUT2D eigenvalue weighted by molar-refractivity contribution is 5.79. The van der Waals surface area contributed by atoms with Crippen LogP contribution in [0.25, 0.3) is 11.1 Å². The third-order valence-corrected chi connectivity index (χ3v) is 6.63. The van der Waals surface area contributed by atoms with Gasteiger partial charge >= 0.3 is 12.1 Å². The van der Waals surface area contributed by atoms with Gasteiger partial charge in [-0.15, -0.1) is 0 Å². The average Bonchev–Trinajstić information content (AvgIpc) is 3.12. The maximum atomic E-state index is 12.7. The van der Waals surface area contributed by atoms with Gasteiger partial charge in [0.15, 0.2) is 0 Å². The van der Waals surface area contributed by atoms with Crippen LogP contribution in [0, 0.1) is 5.41 Å². The second-order valence-corrected chi connectivity index (χ2v) is 10.4. The van der Waals surface area contributed by atoms with E-state index in [1.165, 1.54) is 11.1 Å². The van der Waals surface area contributed by atoms with E-state index in [0.29, 0.717) is 13.1 Å². The van der Waals surface area contributed by atoms with Gasteiger partial charge in [0.2, 0.25) is 5.91 Å². The van der Waals surface area contributed by atoms with Crippen LogP contribution in [-0.2, 0) is 19.1 Å². The number of ether oxygens (including phenoxy) is 2. The van der Waals surface area contributed by atoms with Crippen molar-refractivity contribution in [3.05, 3.63) is 59.7 Å². The molecule has 2 N–H and O–H groups in total. The Morgan fingerprint density at radius 3 is 2.20 bits per heavy atom. The average molecular weight is 481 g/mol. The monoisotopic (exact) mass is 480 g/mol. The van der Waals surface area contributed by atoms with Crippen molar-refractivity contribution >= 4 is 18.0 Å². The Morgan fingerprint density at radius 1 is 1.06 bits per heavy atom. The van der Waals surface area contributed by atoms with E-state index in [4.69, 9.17) is 14.6 Å². The van der Waals surface area contributed by atoms with E-state index in [9.17, 15) is 14.4 Å². The third kappa shape index (κ3) is 5.65. The minimum absolute atomic E-state index is 0.00758. The van der Waals surface area contributed by atoms with Crippen LogP contribution in [0.2, 0.25) is 0 Å². The molecule has 0 saturated carbocycles. The standard InChI is InChI=1S/C27H32N2O6/c1-26(2,12-23(30)29-16-27(3,17-29)35-14-24(31)32)15-28-25(33)34-13-22-20-10-6-4-8-18(20)19-9-5-7-11-21(19)22/h4-11,22H,12-17H2,1-3H3,(H,28,33)(H,31,32). The molecule has 8 heteroatoms. The van der Waals surface area contributed by atoms with Crippen molar-refractivity contribution in [3.8, 4) is 11.1 Å². The normalized spacial score (nSPS) is 16.1. The van der Waals surface area contributed by atoms with E-state index >= 15 is 0 Å². The molecule has 2 aliphatic rings. The number of likely N-dealkylation sites (tertiary alicyclic amines) is 1. The van der Waals surface area contributed by atoms with Gasteiger partial charge in [-0.3, -0.25) is 4.79 Å². The van der Waals surface area contributed by atoms with E-state index in [2.05, 4.69) is 29.6 Å². The van der Waals surface area contributed by atoms with Gasteiger partial charge in [-0.25, -0.2) is 9.59 Å². The van der Waals surface area contributed by atoms with Gasteiger partial charge < -0.3 is 24.8 Å². The van der Waals surface area contributed by atoms with Gasteiger partial charge in [-0.1, -0.05) is 62.4 Å². The summed E-state index contributed by atoms with van der Waals surface area (Å²) in [6.07, 6.45) is -0.267. The molecule has 0 atom stereocenters. The Kier molecular flexibility index (Phi) is 6.85. The number of amides is 2. The molecule has 1 fully saturated rings. The molecule has 1 saturated heterocycles. The lowest BCUT2D eigenvalue weighted by Gasteiger charge is -2.48. The molecule has 4 rings (SSSR count). The van der Waals surface area contributed by atoms with Crippen LogP contribution in [0.4, 0.5) is 4.79 Å². The van der Waals surface area contributed by atoms with E-state index < -0.39 is 23.1 Å². The Morgan fingerprint density at radius 2 is 1.63 bits per heavy atom. The second-order valence-electron chi connectivity index (χ2n) is 10.4. The summed E-state index contributed by atoms with van der Waals surface area (Å²) in [5.74, 6) is -1.09. The highest BCUT2D eigenvalue weighted by Crippen LogP contribution is 2.44. The van der Waals surface area contributed by atoms with Crippen LogP contribution in [0.15, 0.2) is 48.5 Å². The highest BCUT2D eigenvalue weighted by Gasteiger charge is 2.43. The number of fused-ring (bicyclic) bond motifs is 3. The minimum atomic E-state index is -1.03. The van der Waals surface area contributed by atoms with Gasteiger partial charge in [0.05, 0.1) is 13.1 Å². The molecule has 1 aliphatic carbocycles. The van der Waals surface area contributed by atoms with Crippen molar-refractivity contribution in [1.29, 1.82) is 0 Å². The molecule has 8 nitrogen and oxygen atoms in total. The zero-order valence-corrected chi connectivity index (χ0v) is 20.4. The lowest BCUT2D eigenvalue weighted by atomic mass is 9.87. The lowest BCUT2D eigenvalue weighted by Crippen LogP contribution is -2.63. The summed E-state index contributed by atoms with van der Waals surface area (Å²) in [6.45, 7) is 6.47. The highest BCUT2D eigenvalue weighted by atomic mass is 16.5. The number of carboxylic acid groups (broad SMARTS) is 1. The molecule has 1 aliphatic heterocycles. The predicted molar refractivity (Wildman–Crippen MR) is 130 cm³/mol. The van der Waals surface area contributed by atoms with Gasteiger partial charge in [0.1, 0.15) is 18.8 Å². The van der Waals surface area contributed by atoms with E-state index in [-0.39, 0.29) is 38.0 Å². The van der Waals surface area contributed by atoms with Gasteiger partial charge in [0, 0.05) is 18.9 Å². The van der Waals surface area contributed by atoms with Crippen LogP contribution < -0.4 is 5.32 Å². The number of aliphatic carboxylic acids is 1. The van der Waals surface area contributed by atoms with Crippen molar-refractivity contribution in [3.63, 3.8) is 0 Å². The molecule has 0 radical (unpaired) electrons. The number of carbonyl (C=O) groups is 3. The maximum absolute atomic E-state index is 12.7. The Hall–Kier alpha value is -3.39. The minimum Gasteiger partial charge on any atom is -0.480 e. The number of hydrogen-bond donors (Lipinski definition) is 2. The van der Waals surface area contributed by atoms with Crippen molar-refractivity contribution in [2.24, 2.45) is 5.41 Å². The van der Waals surface area contributed by atoms with Crippen LogP contribution in [0.1, 0.15) is 44.2 Å². The molecular formula is C27H32N2O6. The summed E-state index contributed by atoms with van der Waals surface area (Å²) in [6, 6.07) is 16.3. The number of rotatable bonds is 9. The Balaban J connectivity index is 1.24. The number of nitrogens with one attached hydrogen (secondary N) is 1. The van der Waals surface area contributed by atoms with Gasteiger partial charge in [-0.2, -0.15) is 0 Å². The zero-order chi connectivity index (χ0) is 25.2. The number of benzene rings is 2. The topological polar surface area (TPSA) is 105 Å². The van der Waals surface area contributed by atoms with E-state index in [1.807, 2.05) is 38.1 Å². The van der Waals surface area contributed by atoms with E-state index in [0.717, 1.165) is 11.1 Å². The number of carbonyl (C=O) groups excluding carboxylic acids is 2. The fourth-order valence-corrected chi connectivity index (χ4v) is 4.81. The fraction of sp³-hybridized carbons (Fsp3) is 0.444. The van der Waals surface area contributed by atoms with Crippen molar-refractivity contribution in [2.45, 2.75) is 38.7 Å². The molecule has 35 heavy (non-hydrogen) atoms. The molecule has 2 aromatic rings. The summed E-state index contributed by atoms with van der Waals surface area (Å²) < 4.78 is 10.9. The van der Waals surface area contributed by atoms with Gasteiger partial charge in [0.25, 0.3) is 0 Å². The first-order valence-corrected chi connectivity index (χ1v) is 11.8. The van der Waals surface area contributed by atoms with Crippen molar-refractivity contribution < 1.29 is 29.0 Å². The largest absolute Gasteiger partial charge is 0.480 e. The number of hydrogen-bond acceptors (Lipinski definition) is 5. The molecule has 0 spiro atoms. The van der Waals surface area contributed by atoms with Crippen LogP contribution in [-0.4, -0.2) is 66.4 Å². The fourth-order valence-electron chi connectivity index (χ4n) is 4.81. The molecule has 186 valence electrons. The smallest absolute Gasteiger partial charge is 0.407 e. The first kappa shape index (κ1) is 24.7. The van der Waals surface area contributed by atoms with E-state index in [1.54, 1.807) is 11.8 Å². The lowest BCUT2D eigenvalue weighted by molar-refractivity contribution is -0.174. The summed E-state index contributed by atoms with van der Waals surface area (Å²) in [5, 5.41) is 11.6. The number of alkyl carbamates (subject to hydrolysis) is 1. The first-order chi connectivity index (χ1) is 16.6. The predicted octanol–water partition coefficient (Wildman–Crippen LogP) is 3.64. The van der Waals surface area contributed by atoms with Crippen LogP contribution in [0.3, 0.4) is 0 Å². The van der Waals surface area contributed by atoms with Gasteiger partial charge in [-0.05, 0) is 34.6 Å². The molecular weight excluding hydrogens is 448 g/mol. The second kappa shape index (κ2) is 9.70. The maximum Gasteiger partial charge on any atom is 0.407 e. The summed E-state index contributed by atoms with van der Waals surface area (Å²) in [4.78, 5) is 37.5. The third-order valence-electron chi connectivity index (χ3n) is 6.63. The summed E-state index contributed by atoms with van der Waals surface area (Å²) >= 11 is 0. The SMILES string of the molecule is CC(C)(CNC(=O)OCC1c2ccccc2-c2ccccc21)CC(=O)N1CC(C)(OCC(=O)O)C1. The molecule has 0 bridgehead atoms. The van der Waals surface area contributed by atoms with Crippen molar-refractivity contribution in [1.82, 2.24) is 10.2 Å². The number of nitrogens with zero attached hydrogens (tertiary/aromatic N) is 1. The Labute approximate surface area is 205 Å². The zero-order valence-electron chi connectivity index (χ0n) is 20.4. The molecule has 2 amide bonds. The first-order valence-electron chi connectivity index (χ1n) is 11.8. The quantitative estimate of drug-likeness (QED) is 0.568. The molecule has 0 aromatic heterocycles. The van der Waals surface area contributed by atoms with Crippen molar-refractivity contribution in [2.75, 3.05) is 32.8 Å². The summed E-state index contributed by atoms with van der Waals surface area (Å²) in [5.41, 5.74) is 3.55. The molecule has 1 heterocycles. The molecule has 2 aromatic carbocycles. The van der Waals surface area contributed by atoms with Crippen LogP contribution >= 0.6 is 0 Å². The van der Waals surface area contributed by atoms with Crippen LogP contribution in [0.5, 0.6) is 0 Å². The Bertz CT molecular complexity index is 1080. The number of carboxylic acids is 1.